The summed E-state index contributed by atoms with van der Waals surface area (Å²) in [5.74, 6) is 2.64. The number of tetrazole rings is 1. The van der Waals surface area contributed by atoms with Crippen LogP contribution in [-0.4, -0.2) is 49.7 Å². The summed E-state index contributed by atoms with van der Waals surface area (Å²) >= 11 is 0. The number of piperidine rings is 1. The highest BCUT2D eigenvalue weighted by Gasteiger charge is 2.23. The SMILES string of the molecule is CCCc1cc(N2CCC(NC(C)c3nn[nH]n3)CC2)nc(C)n1. The molecule has 0 saturated carbocycles. The van der Waals surface area contributed by atoms with Gasteiger partial charge in [-0.15, -0.1) is 10.2 Å². The molecule has 1 unspecified atom stereocenters. The molecule has 2 aromatic rings. The predicted octanol–water partition coefficient (Wildman–Crippen LogP) is 1.57. The molecule has 1 aliphatic rings. The van der Waals surface area contributed by atoms with Gasteiger partial charge in [0, 0.05) is 30.9 Å². The van der Waals surface area contributed by atoms with Gasteiger partial charge in [-0.05, 0) is 33.1 Å². The molecule has 3 rings (SSSR count). The standard InChI is InChI=1S/C16H26N8/c1-4-5-14-10-15(19-12(3)18-14)24-8-6-13(7-9-24)17-11(2)16-20-22-23-21-16/h10-11,13,17H,4-9H2,1-3H3,(H,20,21,22,23). The lowest BCUT2D eigenvalue weighted by Gasteiger charge is -2.34. The van der Waals surface area contributed by atoms with Crippen LogP contribution in [0.4, 0.5) is 5.82 Å². The topological polar surface area (TPSA) is 95.5 Å². The molecule has 0 bridgehead atoms. The first-order valence-electron chi connectivity index (χ1n) is 8.74. The molecule has 0 spiro atoms. The maximum Gasteiger partial charge on any atom is 0.191 e. The first kappa shape index (κ1) is 16.8. The lowest BCUT2D eigenvalue weighted by atomic mass is 10.0. The fourth-order valence-electron chi connectivity index (χ4n) is 3.21. The normalized spacial score (nSPS) is 17.2. The number of nitrogens with zero attached hydrogens (tertiary/aromatic N) is 6. The van der Waals surface area contributed by atoms with Gasteiger partial charge in [0.1, 0.15) is 11.6 Å². The second kappa shape index (κ2) is 7.65. The highest BCUT2D eigenvalue weighted by Crippen LogP contribution is 2.21. The van der Waals surface area contributed by atoms with E-state index in [0.29, 0.717) is 11.9 Å². The molecular formula is C16H26N8. The Hall–Kier alpha value is -2.09. The molecule has 0 aromatic carbocycles. The van der Waals surface area contributed by atoms with Crippen molar-refractivity contribution in [1.82, 2.24) is 35.9 Å². The van der Waals surface area contributed by atoms with Gasteiger partial charge in [-0.25, -0.2) is 9.97 Å². The Morgan fingerprint density at radius 1 is 1.33 bits per heavy atom. The van der Waals surface area contributed by atoms with E-state index < -0.39 is 0 Å². The van der Waals surface area contributed by atoms with Gasteiger partial charge in [-0.3, -0.25) is 0 Å². The summed E-state index contributed by atoms with van der Waals surface area (Å²) in [5, 5.41) is 17.8. The number of anilines is 1. The quantitative estimate of drug-likeness (QED) is 0.830. The van der Waals surface area contributed by atoms with Crippen LogP contribution in [0, 0.1) is 6.92 Å². The van der Waals surface area contributed by atoms with Crippen molar-refractivity contribution in [1.29, 1.82) is 0 Å². The van der Waals surface area contributed by atoms with Crippen LogP contribution in [-0.2, 0) is 6.42 Å². The van der Waals surface area contributed by atoms with E-state index in [2.05, 4.69) is 60.7 Å². The van der Waals surface area contributed by atoms with Gasteiger partial charge in [-0.1, -0.05) is 18.6 Å². The lowest BCUT2D eigenvalue weighted by Crippen LogP contribution is -2.43. The zero-order valence-electron chi connectivity index (χ0n) is 14.7. The Labute approximate surface area is 142 Å². The fourth-order valence-corrected chi connectivity index (χ4v) is 3.21. The molecule has 2 N–H and O–H groups in total. The molecule has 8 heteroatoms. The van der Waals surface area contributed by atoms with Crippen LogP contribution in [0.3, 0.4) is 0 Å². The number of H-pyrrole nitrogens is 1. The molecule has 0 radical (unpaired) electrons. The summed E-state index contributed by atoms with van der Waals surface area (Å²) < 4.78 is 0. The number of aryl methyl sites for hydroxylation is 2. The van der Waals surface area contributed by atoms with Crippen molar-refractivity contribution < 1.29 is 0 Å². The second-order valence-corrected chi connectivity index (χ2v) is 6.43. The fraction of sp³-hybridized carbons (Fsp3) is 0.688. The van der Waals surface area contributed by atoms with Crippen molar-refractivity contribution in [3.05, 3.63) is 23.4 Å². The molecule has 3 heterocycles. The van der Waals surface area contributed by atoms with Gasteiger partial charge in [0.25, 0.3) is 0 Å². The zero-order chi connectivity index (χ0) is 16.9. The number of hydrogen-bond donors (Lipinski definition) is 2. The molecule has 2 aromatic heterocycles. The van der Waals surface area contributed by atoms with Crippen LogP contribution >= 0.6 is 0 Å². The molecule has 0 aliphatic carbocycles. The Bertz CT molecular complexity index is 634. The third kappa shape index (κ3) is 4.05. The van der Waals surface area contributed by atoms with Crippen LogP contribution in [0.1, 0.15) is 56.5 Å². The average molecular weight is 330 g/mol. The third-order valence-corrected chi connectivity index (χ3v) is 4.44. The first-order valence-corrected chi connectivity index (χ1v) is 8.74. The van der Waals surface area contributed by atoms with E-state index in [9.17, 15) is 0 Å². The van der Waals surface area contributed by atoms with E-state index in [4.69, 9.17) is 0 Å². The first-order chi connectivity index (χ1) is 11.7. The minimum atomic E-state index is 0.109. The van der Waals surface area contributed by atoms with E-state index in [0.717, 1.165) is 56.1 Å². The number of aromatic amines is 1. The van der Waals surface area contributed by atoms with Gasteiger partial charge in [0.15, 0.2) is 5.82 Å². The number of hydrogen-bond acceptors (Lipinski definition) is 7. The summed E-state index contributed by atoms with van der Waals surface area (Å²) in [6.45, 7) is 8.22. The zero-order valence-corrected chi connectivity index (χ0v) is 14.7. The highest BCUT2D eigenvalue weighted by atomic mass is 15.5. The Balaban J connectivity index is 1.57. The lowest BCUT2D eigenvalue weighted by molar-refractivity contribution is 0.373. The minimum Gasteiger partial charge on any atom is -0.356 e. The number of aromatic nitrogens is 6. The smallest absolute Gasteiger partial charge is 0.191 e. The Kier molecular flexibility index (Phi) is 5.34. The average Bonchev–Trinajstić information content (AvgIpc) is 3.10. The van der Waals surface area contributed by atoms with E-state index >= 15 is 0 Å². The van der Waals surface area contributed by atoms with E-state index in [1.165, 1.54) is 0 Å². The molecular weight excluding hydrogens is 304 g/mol. The third-order valence-electron chi connectivity index (χ3n) is 4.44. The minimum absolute atomic E-state index is 0.109. The van der Waals surface area contributed by atoms with Gasteiger partial charge < -0.3 is 10.2 Å². The monoisotopic (exact) mass is 330 g/mol. The molecule has 130 valence electrons. The maximum atomic E-state index is 4.63. The van der Waals surface area contributed by atoms with Crippen molar-refractivity contribution in [2.75, 3.05) is 18.0 Å². The summed E-state index contributed by atoms with van der Waals surface area (Å²) in [7, 11) is 0. The molecule has 8 nitrogen and oxygen atoms in total. The van der Waals surface area contributed by atoms with Gasteiger partial charge >= 0.3 is 0 Å². The van der Waals surface area contributed by atoms with Gasteiger partial charge in [-0.2, -0.15) is 5.21 Å². The largest absolute Gasteiger partial charge is 0.356 e. The van der Waals surface area contributed by atoms with E-state index in [1.807, 2.05) is 6.92 Å². The second-order valence-electron chi connectivity index (χ2n) is 6.43. The van der Waals surface area contributed by atoms with Crippen LogP contribution in [0.2, 0.25) is 0 Å². The van der Waals surface area contributed by atoms with Crippen molar-refractivity contribution >= 4 is 5.82 Å². The van der Waals surface area contributed by atoms with Crippen molar-refractivity contribution in [3.8, 4) is 0 Å². The van der Waals surface area contributed by atoms with Crippen LogP contribution in [0.15, 0.2) is 6.07 Å². The van der Waals surface area contributed by atoms with Crippen molar-refractivity contribution in [2.45, 2.75) is 58.5 Å². The summed E-state index contributed by atoms with van der Waals surface area (Å²) in [4.78, 5) is 11.5. The Morgan fingerprint density at radius 3 is 2.79 bits per heavy atom. The van der Waals surface area contributed by atoms with Crippen LogP contribution in [0.5, 0.6) is 0 Å². The molecule has 1 aliphatic heterocycles. The number of nitrogens with one attached hydrogen (secondary N) is 2. The highest BCUT2D eigenvalue weighted by molar-refractivity contribution is 5.40. The molecule has 1 fully saturated rings. The summed E-state index contributed by atoms with van der Waals surface area (Å²) in [6.07, 6.45) is 4.27. The number of rotatable bonds is 6. The summed E-state index contributed by atoms with van der Waals surface area (Å²) in [5.41, 5.74) is 1.14. The molecule has 1 saturated heterocycles. The summed E-state index contributed by atoms with van der Waals surface area (Å²) in [6, 6.07) is 2.72. The van der Waals surface area contributed by atoms with Gasteiger partial charge in [0.2, 0.25) is 0 Å². The molecule has 0 amide bonds. The van der Waals surface area contributed by atoms with Crippen molar-refractivity contribution in [2.24, 2.45) is 0 Å². The predicted molar refractivity (Wildman–Crippen MR) is 91.7 cm³/mol. The Morgan fingerprint density at radius 2 is 2.12 bits per heavy atom. The van der Waals surface area contributed by atoms with E-state index in [-0.39, 0.29) is 6.04 Å². The van der Waals surface area contributed by atoms with Crippen molar-refractivity contribution in [3.63, 3.8) is 0 Å². The van der Waals surface area contributed by atoms with E-state index in [1.54, 1.807) is 0 Å². The van der Waals surface area contributed by atoms with Gasteiger partial charge in [0.05, 0.1) is 6.04 Å². The van der Waals surface area contributed by atoms with Crippen LogP contribution in [0.25, 0.3) is 0 Å². The maximum absolute atomic E-state index is 4.63. The molecule has 24 heavy (non-hydrogen) atoms. The van der Waals surface area contributed by atoms with Crippen LogP contribution < -0.4 is 10.2 Å². The molecule has 1 atom stereocenters.